The molecule has 0 aliphatic rings. The molecule has 2 rings (SSSR count). The largest absolute Gasteiger partial charge is 0.326 e. The minimum atomic E-state index is -0.0214. The normalized spacial score (nSPS) is 10.4. The van der Waals surface area contributed by atoms with E-state index in [1.165, 1.54) is 11.8 Å². The van der Waals surface area contributed by atoms with Crippen LogP contribution in [0.2, 0.25) is 0 Å². The molecule has 5 heteroatoms. The second-order valence-electron chi connectivity index (χ2n) is 6.34. The molecule has 0 radical (unpaired) electrons. The topological polar surface area (TPSA) is 65.8 Å². The number of carbonyl (C=O) groups excluding carboxylic acids is 1. The lowest BCUT2D eigenvalue weighted by Gasteiger charge is -2.10. The Kier molecular flexibility index (Phi) is 7.68. The standard InChI is InChI=1S/C21H25N3OS/c1-4-5-6-18-10-9-17(14-22)21(23-18)26-12-11-20(25)24-19-13-15(2)7-8-16(19)3/h7-10,13H,4-6,11-12H2,1-3H3,(H,24,25). The molecule has 0 saturated heterocycles. The number of hydrogen-bond acceptors (Lipinski definition) is 4. The van der Waals surface area contributed by atoms with Crippen molar-refractivity contribution in [3.8, 4) is 6.07 Å². The van der Waals surface area contributed by atoms with Crippen LogP contribution < -0.4 is 5.32 Å². The molecular weight excluding hydrogens is 342 g/mol. The molecule has 0 aliphatic carbocycles. The van der Waals surface area contributed by atoms with Gasteiger partial charge in [-0.1, -0.05) is 25.5 Å². The lowest BCUT2D eigenvalue weighted by molar-refractivity contribution is -0.115. The summed E-state index contributed by atoms with van der Waals surface area (Å²) in [7, 11) is 0. The fourth-order valence-corrected chi connectivity index (χ4v) is 3.43. The minimum Gasteiger partial charge on any atom is -0.326 e. The average molecular weight is 368 g/mol. The number of thioether (sulfide) groups is 1. The zero-order valence-electron chi connectivity index (χ0n) is 15.6. The molecule has 0 atom stereocenters. The number of benzene rings is 1. The Balaban J connectivity index is 1.93. The number of unbranched alkanes of at least 4 members (excludes halogenated alkanes) is 1. The number of nitrogens with zero attached hydrogens (tertiary/aromatic N) is 2. The van der Waals surface area contributed by atoms with Gasteiger partial charge in [-0.3, -0.25) is 4.79 Å². The number of rotatable bonds is 8. The van der Waals surface area contributed by atoms with Crippen LogP contribution in [0, 0.1) is 25.2 Å². The lowest BCUT2D eigenvalue weighted by atomic mass is 10.1. The number of hydrogen-bond donors (Lipinski definition) is 1. The molecule has 1 aromatic carbocycles. The molecule has 26 heavy (non-hydrogen) atoms. The maximum Gasteiger partial charge on any atom is 0.225 e. The molecule has 0 unspecified atom stereocenters. The van der Waals surface area contributed by atoms with E-state index in [1.807, 2.05) is 44.2 Å². The van der Waals surface area contributed by atoms with E-state index in [0.717, 1.165) is 46.8 Å². The van der Waals surface area contributed by atoms with Crippen molar-refractivity contribution >= 4 is 23.4 Å². The van der Waals surface area contributed by atoms with Crippen LogP contribution in [0.1, 0.15) is 48.6 Å². The highest BCUT2D eigenvalue weighted by molar-refractivity contribution is 7.99. The number of amides is 1. The van der Waals surface area contributed by atoms with Crippen LogP contribution in [0.25, 0.3) is 0 Å². The molecule has 1 amide bonds. The third-order valence-corrected chi connectivity index (χ3v) is 5.05. The molecule has 1 heterocycles. The van der Waals surface area contributed by atoms with Crippen molar-refractivity contribution in [2.24, 2.45) is 0 Å². The monoisotopic (exact) mass is 367 g/mol. The predicted molar refractivity (Wildman–Crippen MR) is 107 cm³/mol. The van der Waals surface area contributed by atoms with Gasteiger partial charge in [0, 0.05) is 23.6 Å². The molecule has 4 nitrogen and oxygen atoms in total. The Bertz CT molecular complexity index is 811. The van der Waals surface area contributed by atoms with E-state index in [0.29, 0.717) is 17.7 Å². The van der Waals surface area contributed by atoms with Gasteiger partial charge in [0.1, 0.15) is 11.1 Å². The molecule has 0 fully saturated rings. The number of aromatic nitrogens is 1. The van der Waals surface area contributed by atoms with Crippen molar-refractivity contribution in [2.75, 3.05) is 11.1 Å². The second kappa shape index (κ2) is 9.98. The summed E-state index contributed by atoms with van der Waals surface area (Å²) in [6.07, 6.45) is 3.50. The maximum absolute atomic E-state index is 12.2. The highest BCUT2D eigenvalue weighted by Gasteiger charge is 2.09. The van der Waals surface area contributed by atoms with Crippen molar-refractivity contribution < 1.29 is 4.79 Å². The molecule has 136 valence electrons. The summed E-state index contributed by atoms with van der Waals surface area (Å²) in [5, 5.41) is 13.0. The SMILES string of the molecule is CCCCc1ccc(C#N)c(SCCC(=O)Nc2cc(C)ccc2C)n1. The fourth-order valence-electron chi connectivity index (χ4n) is 2.49. The molecule has 0 aliphatic heterocycles. The molecule has 0 spiro atoms. The van der Waals surface area contributed by atoms with Gasteiger partial charge in [0.2, 0.25) is 5.91 Å². The summed E-state index contributed by atoms with van der Waals surface area (Å²) in [6.45, 7) is 6.13. The van der Waals surface area contributed by atoms with Crippen LogP contribution in [0.5, 0.6) is 0 Å². The van der Waals surface area contributed by atoms with Gasteiger partial charge in [0.05, 0.1) is 5.56 Å². The van der Waals surface area contributed by atoms with Crippen molar-refractivity contribution in [1.82, 2.24) is 4.98 Å². The number of nitrogens with one attached hydrogen (secondary N) is 1. The van der Waals surface area contributed by atoms with E-state index in [9.17, 15) is 10.1 Å². The predicted octanol–water partition coefficient (Wildman–Crippen LogP) is 5.03. The quantitative estimate of drug-likeness (QED) is 0.664. The summed E-state index contributed by atoms with van der Waals surface area (Å²) in [5.74, 6) is 0.571. The van der Waals surface area contributed by atoms with E-state index in [2.05, 4.69) is 23.3 Å². The van der Waals surface area contributed by atoms with Crippen molar-refractivity contribution in [3.05, 3.63) is 52.7 Å². The number of pyridine rings is 1. The summed E-state index contributed by atoms with van der Waals surface area (Å²) in [6, 6.07) is 12.0. The summed E-state index contributed by atoms with van der Waals surface area (Å²) in [5.41, 5.74) is 4.61. The number of carbonyl (C=O) groups is 1. The first-order valence-corrected chi connectivity index (χ1v) is 9.92. The zero-order chi connectivity index (χ0) is 18.9. The Morgan fingerprint density at radius 1 is 1.27 bits per heavy atom. The van der Waals surface area contributed by atoms with Crippen LogP contribution >= 0.6 is 11.8 Å². The van der Waals surface area contributed by atoms with Gasteiger partial charge in [0.15, 0.2) is 0 Å². The molecule has 1 aromatic heterocycles. The van der Waals surface area contributed by atoms with Gasteiger partial charge in [-0.2, -0.15) is 5.26 Å². The Labute approximate surface area is 160 Å². The molecule has 0 bridgehead atoms. The minimum absolute atomic E-state index is 0.0214. The van der Waals surface area contributed by atoms with E-state index in [1.54, 1.807) is 0 Å². The molecule has 0 saturated carbocycles. The Hall–Kier alpha value is -2.32. The summed E-state index contributed by atoms with van der Waals surface area (Å²) < 4.78 is 0. The van der Waals surface area contributed by atoms with Crippen LogP contribution in [-0.4, -0.2) is 16.6 Å². The highest BCUT2D eigenvalue weighted by atomic mass is 32.2. The molecular formula is C21H25N3OS. The van der Waals surface area contributed by atoms with Crippen molar-refractivity contribution in [3.63, 3.8) is 0 Å². The lowest BCUT2D eigenvalue weighted by Crippen LogP contribution is -2.13. The van der Waals surface area contributed by atoms with Crippen LogP contribution in [0.4, 0.5) is 5.69 Å². The Morgan fingerprint density at radius 3 is 2.81 bits per heavy atom. The number of aryl methyl sites for hydroxylation is 3. The first kappa shape index (κ1) is 20.0. The van der Waals surface area contributed by atoms with E-state index in [-0.39, 0.29) is 5.91 Å². The number of anilines is 1. The van der Waals surface area contributed by atoms with E-state index in [4.69, 9.17) is 0 Å². The summed E-state index contributed by atoms with van der Waals surface area (Å²) in [4.78, 5) is 16.8. The van der Waals surface area contributed by atoms with Crippen molar-refractivity contribution in [2.45, 2.75) is 51.5 Å². The number of nitriles is 1. The maximum atomic E-state index is 12.2. The van der Waals surface area contributed by atoms with E-state index < -0.39 is 0 Å². The molecule has 2 aromatic rings. The van der Waals surface area contributed by atoms with Crippen LogP contribution in [0.3, 0.4) is 0 Å². The molecule has 1 N–H and O–H groups in total. The van der Waals surface area contributed by atoms with Crippen LogP contribution in [-0.2, 0) is 11.2 Å². The third kappa shape index (κ3) is 5.89. The fraction of sp³-hybridized carbons (Fsp3) is 0.381. The third-order valence-electron chi connectivity index (χ3n) is 4.06. The van der Waals surface area contributed by atoms with Gasteiger partial charge in [0.25, 0.3) is 0 Å². The second-order valence-corrected chi connectivity index (χ2v) is 7.42. The van der Waals surface area contributed by atoms with Gasteiger partial charge in [-0.15, -0.1) is 11.8 Å². The summed E-state index contributed by atoms with van der Waals surface area (Å²) >= 11 is 1.47. The van der Waals surface area contributed by atoms with Gasteiger partial charge >= 0.3 is 0 Å². The first-order valence-electron chi connectivity index (χ1n) is 8.93. The van der Waals surface area contributed by atoms with Gasteiger partial charge < -0.3 is 5.32 Å². The first-order chi connectivity index (χ1) is 12.5. The highest BCUT2D eigenvalue weighted by Crippen LogP contribution is 2.23. The Morgan fingerprint density at radius 2 is 2.08 bits per heavy atom. The smallest absolute Gasteiger partial charge is 0.225 e. The van der Waals surface area contributed by atoms with E-state index >= 15 is 0 Å². The van der Waals surface area contributed by atoms with Crippen molar-refractivity contribution in [1.29, 1.82) is 5.26 Å². The average Bonchev–Trinajstić information content (AvgIpc) is 2.63. The van der Waals surface area contributed by atoms with Gasteiger partial charge in [-0.05, 0) is 56.0 Å². The van der Waals surface area contributed by atoms with Gasteiger partial charge in [-0.25, -0.2) is 4.98 Å². The zero-order valence-corrected chi connectivity index (χ0v) is 16.4. The van der Waals surface area contributed by atoms with Crippen LogP contribution in [0.15, 0.2) is 35.4 Å².